The van der Waals surface area contributed by atoms with Crippen LogP contribution in [0.2, 0.25) is 0 Å². The van der Waals surface area contributed by atoms with E-state index in [1.165, 1.54) is 14.2 Å². The molecule has 5 heteroatoms. The predicted molar refractivity (Wildman–Crippen MR) is 70.7 cm³/mol. The Morgan fingerprint density at radius 1 is 1.25 bits per heavy atom. The van der Waals surface area contributed by atoms with Crippen LogP contribution in [0, 0.1) is 11.3 Å². The van der Waals surface area contributed by atoms with Gasteiger partial charge >= 0.3 is 11.9 Å². The number of ether oxygens (including phenoxy) is 2. The van der Waals surface area contributed by atoms with Crippen molar-refractivity contribution in [2.24, 2.45) is 11.3 Å². The van der Waals surface area contributed by atoms with E-state index in [2.05, 4.69) is 0 Å². The molecule has 1 unspecified atom stereocenters. The second-order valence-corrected chi connectivity index (χ2v) is 5.37. The van der Waals surface area contributed by atoms with Crippen molar-refractivity contribution in [2.45, 2.75) is 39.0 Å². The minimum Gasteiger partial charge on any atom is -0.468 e. The molecule has 2 aliphatic carbocycles. The molecule has 1 fully saturated rings. The van der Waals surface area contributed by atoms with Crippen LogP contribution in [-0.4, -0.2) is 31.9 Å². The lowest BCUT2D eigenvalue weighted by molar-refractivity contribution is -0.172. The van der Waals surface area contributed by atoms with Gasteiger partial charge in [-0.05, 0) is 31.3 Å². The number of hydrogen-bond donors (Lipinski definition) is 0. The number of ketones is 1. The average molecular weight is 280 g/mol. The fraction of sp³-hybridized carbons (Fsp3) is 0.667. The van der Waals surface area contributed by atoms with Crippen molar-refractivity contribution in [3.8, 4) is 0 Å². The fourth-order valence-electron chi connectivity index (χ4n) is 3.62. The lowest BCUT2D eigenvalue weighted by atomic mass is 9.69. The van der Waals surface area contributed by atoms with Crippen LogP contribution in [0.3, 0.4) is 0 Å². The highest BCUT2D eigenvalue weighted by Gasteiger charge is 2.61. The highest BCUT2D eigenvalue weighted by atomic mass is 16.5. The first-order valence-corrected chi connectivity index (χ1v) is 6.94. The fourth-order valence-corrected chi connectivity index (χ4v) is 3.62. The largest absolute Gasteiger partial charge is 0.468 e. The molecule has 0 amide bonds. The molecule has 0 saturated heterocycles. The van der Waals surface area contributed by atoms with Gasteiger partial charge in [-0.3, -0.25) is 14.4 Å². The Balaban J connectivity index is 2.54. The molecule has 0 N–H and O–H groups in total. The Hall–Kier alpha value is -1.65. The van der Waals surface area contributed by atoms with Crippen LogP contribution in [0.25, 0.3) is 0 Å². The number of fused-ring (bicyclic) bond motifs is 1. The normalized spacial score (nSPS) is 24.4. The summed E-state index contributed by atoms with van der Waals surface area (Å²) in [6.07, 6.45) is 2.74. The SMILES string of the molecule is CCC1=C2C(=O)CCCC2C(C(=O)OC)(C(=O)OC)C1. The standard InChI is InChI=1S/C15H20O5/c1-4-9-8-15(13(17)19-2,14(18)20-3)10-6-5-7-11(16)12(9)10/h10H,4-8H2,1-3H3. The molecule has 0 aromatic rings. The van der Waals surface area contributed by atoms with Gasteiger partial charge in [0, 0.05) is 12.3 Å². The van der Waals surface area contributed by atoms with E-state index in [1.54, 1.807) is 0 Å². The van der Waals surface area contributed by atoms with Crippen LogP contribution in [0.4, 0.5) is 0 Å². The first-order valence-electron chi connectivity index (χ1n) is 6.94. The Bertz CT molecular complexity index is 472. The lowest BCUT2D eigenvalue weighted by Crippen LogP contribution is -2.46. The van der Waals surface area contributed by atoms with Gasteiger partial charge in [-0.2, -0.15) is 0 Å². The first kappa shape index (κ1) is 14.8. The summed E-state index contributed by atoms with van der Waals surface area (Å²) in [6.45, 7) is 1.94. The first-order chi connectivity index (χ1) is 9.52. The zero-order valence-corrected chi connectivity index (χ0v) is 12.2. The lowest BCUT2D eigenvalue weighted by Gasteiger charge is -2.33. The summed E-state index contributed by atoms with van der Waals surface area (Å²) in [5, 5.41) is 0. The number of rotatable bonds is 3. The van der Waals surface area contributed by atoms with E-state index < -0.39 is 23.3 Å². The number of carbonyl (C=O) groups excluding carboxylic acids is 3. The third-order valence-electron chi connectivity index (χ3n) is 4.54. The van der Waals surface area contributed by atoms with Gasteiger partial charge in [-0.15, -0.1) is 0 Å². The molecule has 1 saturated carbocycles. The van der Waals surface area contributed by atoms with E-state index in [9.17, 15) is 14.4 Å². The summed E-state index contributed by atoms with van der Waals surface area (Å²) in [4.78, 5) is 36.8. The molecule has 0 bridgehead atoms. The van der Waals surface area contributed by atoms with Crippen molar-refractivity contribution in [3.63, 3.8) is 0 Å². The van der Waals surface area contributed by atoms with Crippen molar-refractivity contribution in [2.75, 3.05) is 14.2 Å². The molecule has 20 heavy (non-hydrogen) atoms. The molecule has 0 aliphatic heterocycles. The Morgan fingerprint density at radius 2 is 1.85 bits per heavy atom. The maximum atomic E-state index is 12.3. The molecular weight excluding hydrogens is 260 g/mol. The number of hydrogen-bond acceptors (Lipinski definition) is 5. The quantitative estimate of drug-likeness (QED) is 0.582. The molecule has 0 spiro atoms. The van der Waals surface area contributed by atoms with Gasteiger partial charge in [0.15, 0.2) is 11.2 Å². The monoisotopic (exact) mass is 280 g/mol. The Labute approximate surface area is 118 Å². The average Bonchev–Trinajstić information content (AvgIpc) is 2.82. The van der Waals surface area contributed by atoms with E-state index in [0.29, 0.717) is 31.3 Å². The van der Waals surface area contributed by atoms with Gasteiger partial charge in [0.2, 0.25) is 0 Å². The Morgan fingerprint density at radius 3 is 2.35 bits per heavy atom. The molecule has 2 rings (SSSR count). The number of allylic oxidation sites excluding steroid dienone is 2. The predicted octanol–water partition coefficient (Wildman–Crippen LogP) is 1.80. The van der Waals surface area contributed by atoms with Gasteiger partial charge in [0.1, 0.15) is 0 Å². The van der Waals surface area contributed by atoms with Crippen molar-refractivity contribution >= 4 is 17.7 Å². The van der Waals surface area contributed by atoms with E-state index in [0.717, 1.165) is 5.57 Å². The summed E-state index contributed by atoms with van der Waals surface area (Å²) in [5.74, 6) is -1.51. The summed E-state index contributed by atoms with van der Waals surface area (Å²) >= 11 is 0. The van der Waals surface area contributed by atoms with Crippen molar-refractivity contribution in [1.82, 2.24) is 0 Å². The minimum absolute atomic E-state index is 0.0628. The van der Waals surface area contributed by atoms with E-state index >= 15 is 0 Å². The van der Waals surface area contributed by atoms with Gasteiger partial charge < -0.3 is 9.47 Å². The maximum absolute atomic E-state index is 12.3. The summed E-state index contributed by atoms with van der Waals surface area (Å²) in [6, 6.07) is 0. The third kappa shape index (κ3) is 1.87. The smallest absolute Gasteiger partial charge is 0.324 e. The van der Waals surface area contributed by atoms with Gasteiger partial charge in [0.05, 0.1) is 14.2 Å². The molecule has 0 radical (unpaired) electrons. The highest BCUT2D eigenvalue weighted by molar-refractivity contribution is 6.07. The molecule has 0 heterocycles. The minimum atomic E-state index is -1.36. The summed E-state index contributed by atoms with van der Waals surface area (Å²) in [5.41, 5.74) is 0.213. The third-order valence-corrected chi connectivity index (χ3v) is 4.54. The maximum Gasteiger partial charge on any atom is 0.324 e. The summed E-state index contributed by atoms with van der Waals surface area (Å²) < 4.78 is 9.72. The molecule has 110 valence electrons. The molecule has 1 atom stereocenters. The van der Waals surface area contributed by atoms with Crippen LogP contribution in [0.5, 0.6) is 0 Å². The zero-order chi connectivity index (χ0) is 14.9. The molecule has 0 aromatic carbocycles. The Kier molecular flexibility index (Phi) is 3.97. The van der Waals surface area contributed by atoms with Crippen LogP contribution >= 0.6 is 0 Å². The summed E-state index contributed by atoms with van der Waals surface area (Å²) in [7, 11) is 2.53. The zero-order valence-electron chi connectivity index (χ0n) is 12.2. The topological polar surface area (TPSA) is 69.7 Å². The van der Waals surface area contributed by atoms with Crippen molar-refractivity contribution < 1.29 is 23.9 Å². The van der Waals surface area contributed by atoms with Gasteiger partial charge in [-0.25, -0.2) is 0 Å². The van der Waals surface area contributed by atoms with Gasteiger partial charge in [0.25, 0.3) is 0 Å². The van der Waals surface area contributed by atoms with Crippen molar-refractivity contribution in [1.29, 1.82) is 0 Å². The number of methoxy groups -OCH3 is 2. The van der Waals surface area contributed by atoms with E-state index in [1.807, 2.05) is 6.92 Å². The van der Waals surface area contributed by atoms with Crippen molar-refractivity contribution in [3.05, 3.63) is 11.1 Å². The van der Waals surface area contributed by atoms with Gasteiger partial charge in [-0.1, -0.05) is 12.5 Å². The van der Waals surface area contributed by atoms with Crippen LogP contribution in [-0.2, 0) is 23.9 Å². The number of esters is 2. The molecular formula is C15H20O5. The van der Waals surface area contributed by atoms with Crippen LogP contribution < -0.4 is 0 Å². The number of carbonyl (C=O) groups is 3. The molecule has 5 nitrogen and oxygen atoms in total. The molecule has 2 aliphatic rings. The van der Waals surface area contributed by atoms with Crippen LogP contribution in [0.1, 0.15) is 39.0 Å². The molecule has 0 aromatic heterocycles. The van der Waals surface area contributed by atoms with E-state index in [4.69, 9.17) is 9.47 Å². The second-order valence-electron chi connectivity index (χ2n) is 5.37. The number of Topliss-reactive ketones (excluding diaryl/α,β-unsaturated/α-hetero) is 1. The van der Waals surface area contributed by atoms with Crippen LogP contribution in [0.15, 0.2) is 11.1 Å². The second kappa shape index (κ2) is 5.38. The highest BCUT2D eigenvalue weighted by Crippen LogP contribution is 2.53. The van der Waals surface area contributed by atoms with E-state index in [-0.39, 0.29) is 12.2 Å².